The molecule has 1 saturated heterocycles. The fourth-order valence-corrected chi connectivity index (χ4v) is 2.34. The van der Waals surface area contributed by atoms with Crippen molar-refractivity contribution < 1.29 is 4.39 Å². The minimum absolute atomic E-state index is 0.167. The Morgan fingerprint density at radius 3 is 2.53 bits per heavy atom. The zero-order valence-electron chi connectivity index (χ0n) is 10.5. The highest BCUT2D eigenvalue weighted by atomic mass is 19.1. The van der Waals surface area contributed by atoms with Gasteiger partial charge in [0.1, 0.15) is 5.82 Å². The molecule has 94 valence electrons. The third kappa shape index (κ3) is 3.79. The van der Waals surface area contributed by atoms with Crippen molar-refractivity contribution in [3.63, 3.8) is 0 Å². The van der Waals surface area contributed by atoms with E-state index in [-0.39, 0.29) is 5.82 Å². The van der Waals surface area contributed by atoms with Gasteiger partial charge < -0.3 is 5.32 Å². The lowest BCUT2D eigenvalue weighted by atomic mass is 10.2. The molecule has 0 radical (unpaired) electrons. The second-order valence-corrected chi connectivity index (χ2v) is 4.85. The van der Waals surface area contributed by atoms with E-state index < -0.39 is 0 Å². The zero-order chi connectivity index (χ0) is 12.1. The number of hydrogen-bond donors (Lipinski definition) is 1. The minimum Gasteiger partial charge on any atom is -0.311 e. The number of likely N-dealkylation sites (tertiary alicyclic amines) is 1. The van der Waals surface area contributed by atoms with Crippen molar-refractivity contribution in [3.05, 3.63) is 35.6 Å². The molecule has 1 aliphatic heterocycles. The molecule has 1 heterocycles. The number of hydrogen-bond acceptors (Lipinski definition) is 2. The van der Waals surface area contributed by atoms with Crippen LogP contribution in [0, 0.1) is 5.82 Å². The molecule has 0 aliphatic carbocycles. The van der Waals surface area contributed by atoms with Gasteiger partial charge in [-0.2, -0.15) is 0 Å². The number of benzene rings is 1. The van der Waals surface area contributed by atoms with Crippen molar-refractivity contribution in [1.82, 2.24) is 10.2 Å². The molecule has 1 N–H and O–H groups in total. The van der Waals surface area contributed by atoms with Crippen LogP contribution in [0.1, 0.15) is 25.3 Å². The molecular formula is C14H21FN2. The Kier molecular flexibility index (Phi) is 4.51. The molecule has 2 nitrogen and oxygen atoms in total. The van der Waals surface area contributed by atoms with E-state index in [1.165, 1.54) is 38.1 Å². The highest BCUT2D eigenvalue weighted by Crippen LogP contribution is 2.11. The van der Waals surface area contributed by atoms with E-state index in [2.05, 4.69) is 17.1 Å². The normalized spacial score (nSPS) is 18.5. The van der Waals surface area contributed by atoms with Crippen molar-refractivity contribution in [2.45, 2.75) is 32.4 Å². The van der Waals surface area contributed by atoms with Crippen LogP contribution in [0.25, 0.3) is 0 Å². The summed E-state index contributed by atoms with van der Waals surface area (Å²) in [5.74, 6) is -0.167. The maximum absolute atomic E-state index is 12.7. The molecule has 17 heavy (non-hydrogen) atoms. The van der Waals surface area contributed by atoms with Gasteiger partial charge in [0.05, 0.1) is 0 Å². The average molecular weight is 236 g/mol. The van der Waals surface area contributed by atoms with Crippen LogP contribution < -0.4 is 5.32 Å². The smallest absolute Gasteiger partial charge is 0.123 e. The summed E-state index contributed by atoms with van der Waals surface area (Å²) in [4.78, 5) is 2.53. The summed E-state index contributed by atoms with van der Waals surface area (Å²) in [5.41, 5.74) is 1.14. The molecule has 0 bridgehead atoms. The van der Waals surface area contributed by atoms with Gasteiger partial charge in [-0.3, -0.25) is 4.90 Å². The molecule has 0 amide bonds. The Morgan fingerprint density at radius 1 is 1.24 bits per heavy atom. The van der Waals surface area contributed by atoms with Crippen molar-refractivity contribution in [2.75, 3.05) is 19.6 Å². The van der Waals surface area contributed by atoms with Gasteiger partial charge in [-0.1, -0.05) is 12.1 Å². The first kappa shape index (κ1) is 12.5. The quantitative estimate of drug-likeness (QED) is 0.844. The summed E-state index contributed by atoms with van der Waals surface area (Å²) in [5, 5.41) is 3.43. The van der Waals surface area contributed by atoms with E-state index in [9.17, 15) is 4.39 Å². The van der Waals surface area contributed by atoms with E-state index >= 15 is 0 Å². The highest BCUT2D eigenvalue weighted by molar-refractivity contribution is 5.15. The van der Waals surface area contributed by atoms with Gasteiger partial charge in [0.2, 0.25) is 0 Å². The van der Waals surface area contributed by atoms with Crippen LogP contribution in [-0.4, -0.2) is 30.6 Å². The predicted molar refractivity (Wildman–Crippen MR) is 68.4 cm³/mol. The Balaban J connectivity index is 1.70. The molecular weight excluding hydrogens is 215 g/mol. The Bertz CT molecular complexity index is 331. The summed E-state index contributed by atoms with van der Waals surface area (Å²) >= 11 is 0. The molecule has 1 aromatic rings. The minimum atomic E-state index is -0.167. The maximum Gasteiger partial charge on any atom is 0.123 e. The second kappa shape index (κ2) is 6.12. The SMILES string of the molecule is CC(CNCc1ccc(F)cc1)N1CCCC1. The Hall–Kier alpha value is -0.930. The van der Waals surface area contributed by atoms with Gasteiger partial charge in [-0.25, -0.2) is 4.39 Å². The van der Waals surface area contributed by atoms with Gasteiger partial charge in [0.15, 0.2) is 0 Å². The Labute approximate surface area is 103 Å². The number of nitrogens with one attached hydrogen (secondary N) is 1. The van der Waals surface area contributed by atoms with E-state index in [1.807, 2.05) is 12.1 Å². The molecule has 1 aromatic carbocycles. The molecule has 0 aromatic heterocycles. The predicted octanol–water partition coefficient (Wildman–Crippen LogP) is 2.40. The third-order valence-corrected chi connectivity index (χ3v) is 3.45. The molecule has 1 atom stereocenters. The van der Waals surface area contributed by atoms with Gasteiger partial charge in [-0.15, -0.1) is 0 Å². The second-order valence-electron chi connectivity index (χ2n) is 4.85. The largest absolute Gasteiger partial charge is 0.311 e. The summed E-state index contributed by atoms with van der Waals surface area (Å²) in [6.45, 7) is 6.55. The lowest BCUT2D eigenvalue weighted by molar-refractivity contribution is 0.251. The standard InChI is InChI=1S/C14H21FN2/c1-12(17-8-2-3-9-17)10-16-11-13-4-6-14(15)7-5-13/h4-7,12,16H,2-3,8-11H2,1H3. The van der Waals surface area contributed by atoms with Gasteiger partial charge in [0.25, 0.3) is 0 Å². The van der Waals surface area contributed by atoms with Crippen LogP contribution in [0.5, 0.6) is 0 Å². The first-order valence-corrected chi connectivity index (χ1v) is 6.45. The topological polar surface area (TPSA) is 15.3 Å². The monoisotopic (exact) mass is 236 g/mol. The van der Waals surface area contributed by atoms with Crippen LogP contribution in [-0.2, 0) is 6.54 Å². The van der Waals surface area contributed by atoms with Crippen molar-refractivity contribution in [2.24, 2.45) is 0 Å². The van der Waals surface area contributed by atoms with Gasteiger partial charge in [0, 0.05) is 19.1 Å². The fraction of sp³-hybridized carbons (Fsp3) is 0.571. The lowest BCUT2D eigenvalue weighted by Gasteiger charge is -2.23. The number of nitrogens with zero attached hydrogens (tertiary/aromatic N) is 1. The van der Waals surface area contributed by atoms with Crippen molar-refractivity contribution >= 4 is 0 Å². The molecule has 2 rings (SSSR count). The lowest BCUT2D eigenvalue weighted by Crippen LogP contribution is -2.38. The van der Waals surface area contributed by atoms with Crippen LogP contribution in [0.15, 0.2) is 24.3 Å². The molecule has 1 fully saturated rings. The summed E-state index contributed by atoms with van der Waals surface area (Å²) < 4.78 is 12.7. The third-order valence-electron chi connectivity index (χ3n) is 3.45. The van der Waals surface area contributed by atoms with Gasteiger partial charge in [-0.05, 0) is 50.6 Å². The number of rotatable bonds is 5. The van der Waals surface area contributed by atoms with Crippen LogP contribution in [0.4, 0.5) is 4.39 Å². The molecule has 3 heteroatoms. The number of halogens is 1. The first-order valence-electron chi connectivity index (χ1n) is 6.45. The molecule has 1 unspecified atom stereocenters. The highest BCUT2D eigenvalue weighted by Gasteiger charge is 2.17. The fourth-order valence-electron chi connectivity index (χ4n) is 2.34. The van der Waals surface area contributed by atoms with E-state index in [4.69, 9.17) is 0 Å². The summed E-state index contributed by atoms with van der Waals surface area (Å²) in [6.07, 6.45) is 2.67. The first-order chi connectivity index (χ1) is 8.25. The average Bonchev–Trinajstić information content (AvgIpc) is 2.85. The molecule has 0 saturated carbocycles. The maximum atomic E-state index is 12.7. The van der Waals surface area contributed by atoms with E-state index in [1.54, 1.807) is 0 Å². The zero-order valence-corrected chi connectivity index (χ0v) is 10.5. The Morgan fingerprint density at radius 2 is 1.88 bits per heavy atom. The van der Waals surface area contributed by atoms with Crippen LogP contribution in [0.3, 0.4) is 0 Å². The molecule has 0 spiro atoms. The van der Waals surface area contributed by atoms with Crippen LogP contribution >= 0.6 is 0 Å². The molecule has 1 aliphatic rings. The summed E-state index contributed by atoms with van der Waals surface area (Å²) in [7, 11) is 0. The van der Waals surface area contributed by atoms with Crippen molar-refractivity contribution in [3.8, 4) is 0 Å². The van der Waals surface area contributed by atoms with E-state index in [0.29, 0.717) is 6.04 Å². The van der Waals surface area contributed by atoms with Crippen molar-refractivity contribution in [1.29, 1.82) is 0 Å². The van der Waals surface area contributed by atoms with Crippen LogP contribution in [0.2, 0.25) is 0 Å². The summed E-state index contributed by atoms with van der Waals surface area (Å²) in [6, 6.07) is 7.30. The van der Waals surface area contributed by atoms with Gasteiger partial charge >= 0.3 is 0 Å². The van der Waals surface area contributed by atoms with E-state index in [0.717, 1.165) is 18.7 Å².